The van der Waals surface area contributed by atoms with Crippen LogP contribution in [0.15, 0.2) is 18.3 Å². The number of pyridine rings is 1. The molecule has 3 N–H and O–H groups in total. The van der Waals surface area contributed by atoms with Crippen LogP contribution in [0, 0.1) is 0 Å². The Hall–Kier alpha value is -1.17. The number of hydrogen-bond donors (Lipinski definition) is 2. The number of rotatable bonds is 4. The van der Waals surface area contributed by atoms with Crippen molar-refractivity contribution in [3.05, 3.63) is 23.9 Å². The molecule has 0 bridgehead atoms. The Bertz CT molecular complexity index is 436. The van der Waals surface area contributed by atoms with Crippen molar-refractivity contribution in [1.29, 1.82) is 0 Å². The van der Waals surface area contributed by atoms with Gasteiger partial charge < -0.3 is 10.3 Å². The molecule has 2 saturated heterocycles. The second-order valence-corrected chi connectivity index (χ2v) is 6.26. The van der Waals surface area contributed by atoms with E-state index < -0.39 is 0 Å². The summed E-state index contributed by atoms with van der Waals surface area (Å²) in [6.07, 6.45) is 8.58. The van der Waals surface area contributed by atoms with Gasteiger partial charge in [-0.2, -0.15) is 0 Å². The van der Waals surface area contributed by atoms with E-state index in [0.717, 1.165) is 18.4 Å². The molecule has 3 rings (SSSR count). The van der Waals surface area contributed by atoms with Crippen LogP contribution >= 0.6 is 0 Å². The van der Waals surface area contributed by atoms with Crippen LogP contribution in [-0.4, -0.2) is 47.0 Å². The zero-order chi connectivity index (χ0) is 14.5. The number of nitrogens with one attached hydrogen (secondary N) is 1. The standard InChI is InChI=1S/C16H27N5/c17-19-16-14(5-4-8-18-16)13-20-11-6-15(7-12-20)21-9-2-1-3-10-21/h4-5,8,15H,1-3,6-7,9-13,17H2,(H,18,19). The van der Waals surface area contributed by atoms with Gasteiger partial charge in [0, 0.05) is 24.3 Å². The summed E-state index contributed by atoms with van der Waals surface area (Å²) in [5.74, 6) is 6.34. The first-order chi connectivity index (χ1) is 10.4. The first-order valence-corrected chi connectivity index (χ1v) is 8.24. The van der Waals surface area contributed by atoms with Crippen molar-refractivity contribution in [2.24, 2.45) is 5.84 Å². The average Bonchev–Trinajstić information content (AvgIpc) is 2.57. The lowest BCUT2D eigenvalue weighted by atomic mass is 9.99. The summed E-state index contributed by atoms with van der Waals surface area (Å²) in [6.45, 7) is 5.93. The Morgan fingerprint density at radius 2 is 1.90 bits per heavy atom. The Morgan fingerprint density at radius 1 is 1.14 bits per heavy atom. The summed E-state index contributed by atoms with van der Waals surface area (Å²) >= 11 is 0. The lowest BCUT2D eigenvalue weighted by molar-refractivity contribution is 0.0897. The van der Waals surface area contributed by atoms with Gasteiger partial charge in [-0.1, -0.05) is 12.5 Å². The minimum absolute atomic E-state index is 0.802. The zero-order valence-electron chi connectivity index (χ0n) is 12.8. The van der Waals surface area contributed by atoms with Gasteiger partial charge in [0.1, 0.15) is 5.82 Å². The van der Waals surface area contributed by atoms with Crippen molar-refractivity contribution in [2.75, 3.05) is 31.6 Å². The van der Waals surface area contributed by atoms with Crippen LogP contribution < -0.4 is 11.3 Å². The predicted molar refractivity (Wildman–Crippen MR) is 85.8 cm³/mol. The number of hydrazine groups is 1. The van der Waals surface area contributed by atoms with Crippen molar-refractivity contribution in [3.63, 3.8) is 0 Å². The van der Waals surface area contributed by atoms with Crippen LogP contribution in [0.25, 0.3) is 0 Å². The van der Waals surface area contributed by atoms with Gasteiger partial charge in [-0.25, -0.2) is 10.8 Å². The second-order valence-electron chi connectivity index (χ2n) is 6.26. The number of piperidine rings is 2. The van der Waals surface area contributed by atoms with Crippen LogP contribution in [0.5, 0.6) is 0 Å². The van der Waals surface area contributed by atoms with E-state index in [2.05, 4.69) is 26.3 Å². The highest BCUT2D eigenvalue weighted by atomic mass is 15.3. The van der Waals surface area contributed by atoms with E-state index in [-0.39, 0.29) is 0 Å². The van der Waals surface area contributed by atoms with Gasteiger partial charge in [0.2, 0.25) is 0 Å². The van der Waals surface area contributed by atoms with Crippen molar-refractivity contribution in [2.45, 2.75) is 44.7 Å². The quantitative estimate of drug-likeness (QED) is 0.654. The second kappa shape index (κ2) is 7.20. The third-order valence-electron chi connectivity index (χ3n) is 4.89. The molecule has 1 aromatic rings. The summed E-state index contributed by atoms with van der Waals surface area (Å²) in [5, 5.41) is 0. The largest absolute Gasteiger partial charge is 0.308 e. The molecule has 5 nitrogen and oxygen atoms in total. The fourth-order valence-electron chi connectivity index (χ4n) is 3.66. The number of nitrogen functional groups attached to an aromatic ring is 1. The average molecular weight is 289 g/mol. The predicted octanol–water partition coefficient (Wildman–Crippen LogP) is 1.82. The molecular formula is C16H27N5. The molecule has 0 aliphatic carbocycles. The van der Waals surface area contributed by atoms with Gasteiger partial charge in [-0.15, -0.1) is 0 Å². The molecule has 2 aliphatic heterocycles. The van der Waals surface area contributed by atoms with Crippen molar-refractivity contribution in [1.82, 2.24) is 14.8 Å². The molecule has 2 fully saturated rings. The van der Waals surface area contributed by atoms with E-state index >= 15 is 0 Å². The molecule has 0 aromatic carbocycles. The summed E-state index contributed by atoms with van der Waals surface area (Å²) in [6, 6.07) is 4.90. The highest BCUT2D eigenvalue weighted by molar-refractivity contribution is 5.42. The fourth-order valence-corrected chi connectivity index (χ4v) is 3.66. The van der Waals surface area contributed by atoms with E-state index in [1.165, 1.54) is 63.8 Å². The Balaban J connectivity index is 1.51. The molecule has 0 saturated carbocycles. The van der Waals surface area contributed by atoms with Crippen molar-refractivity contribution in [3.8, 4) is 0 Å². The lowest BCUT2D eigenvalue weighted by Gasteiger charge is -2.40. The number of anilines is 1. The third kappa shape index (κ3) is 3.73. The number of hydrogen-bond acceptors (Lipinski definition) is 5. The van der Waals surface area contributed by atoms with E-state index in [1.54, 1.807) is 6.20 Å². The van der Waals surface area contributed by atoms with Gasteiger partial charge in [0.05, 0.1) is 0 Å². The number of aromatic nitrogens is 1. The maximum atomic E-state index is 5.54. The van der Waals surface area contributed by atoms with E-state index in [0.29, 0.717) is 0 Å². The highest BCUT2D eigenvalue weighted by Crippen LogP contribution is 2.22. The summed E-state index contributed by atoms with van der Waals surface area (Å²) in [7, 11) is 0. The lowest BCUT2D eigenvalue weighted by Crippen LogP contribution is -2.46. The molecule has 5 heteroatoms. The zero-order valence-corrected chi connectivity index (χ0v) is 12.8. The maximum Gasteiger partial charge on any atom is 0.144 e. The van der Waals surface area contributed by atoms with Crippen LogP contribution in [0.4, 0.5) is 5.82 Å². The first-order valence-electron chi connectivity index (χ1n) is 8.24. The maximum absolute atomic E-state index is 5.54. The van der Waals surface area contributed by atoms with Gasteiger partial charge in [0.25, 0.3) is 0 Å². The van der Waals surface area contributed by atoms with E-state index in [9.17, 15) is 0 Å². The van der Waals surface area contributed by atoms with Crippen LogP contribution in [-0.2, 0) is 6.54 Å². The molecule has 3 heterocycles. The van der Waals surface area contributed by atoms with E-state index in [1.807, 2.05) is 6.07 Å². The SMILES string of the molecule is NNc1ncccc1CN1CCC(N2CCCCC2)CC1. The molecule has 0 radical (unpaired) electrons. The van der Waals surface area contributed by atoms with Crippen LogP contribution in [0.2, 0.25) is 0 Å². The van der Waals surface area contributed by atoms with Crippen molar-refractivity contribution < 1.29 is 0 Å². The molecule has 2 aliphatic rings. The molecule has 1 aromatic heterocycles. The molecule has 0 amide bonds. The van der Waals surface area contributed by atoms with E-state index in [4.69, 9.17) is 5.84 Å². The first kappa shape index (κ1) is 14.8. The summed E-state index contributed by atoms with van der Waals surface area (Å²) < 4.78 is 0. The van der Waals surface area contributed by atoms with Crippen LogP contribution in [0.1, 0.15) is 37.7 Å². The molecule has 21 heavy (non-hydrogen) atoms. The monoisotopic (exact) mass is 289 g/mol. The van der Waals surface area contributed by atoms with Gasteiger partial charge >= 0.3 is 0 Å². The van der Waals surface area contributed by atoms with Gasteiger partial charge in [-0.05, 0) is 57.9 Å². The minimum atomic E-state index is 0.802. The number of nitrogens with two attached hydrogens (primary N) is 1. The fraction of sp³-hybridized carbons (Fsp3) is 0.688. The molecule has 0 spiro atoms. The summed E-state index contributed by atoms with van der Waals surface area (Å²) in [4.78, 5) is 9.53. The Labute approximate surface area is 127 Å². The Kier molecular flexibility index (Phi) is 5.06. The molecule has 116 valence electrons. The highest BCUT2D eigenvalue weighted by Gasteiger charge is 2.25. The molecular weight excluding hydrogens is 262 g/mol. The molecule has 0 atom stereocenters. The molecule has 0 unspecified atom stereocenters. The van der Waals surface area contributed by atoms with Crippen LogP contribution in [0.3, 0.4) is 0 Å². The Morgan fingerprint density at radius 3 is 2.62 bits per heavy atom. The summed E-state index contributed by atoms with van der Waals surface area (Å²) in [5.41, 5.74) is 3.89. The number of nitrogens with zero attached hydrogens (tertiary/aromatic N) is 3. The number of likely N-dealkylation sites (tertiary alicyclic amines) is 2. The normalized spacial score (nSPS) is 22.3. The van der Waals surface area contributed by atoms with Crippen molar-refractivity contribution >= 4 is 5.82 Å². The third-order valence-corrected chi connectivity index (χ3v) is 4.89. The minimum Gasteiger partial charge on any atom is -0.308 e. The smallest absolute Gasteiger partial charge is 0.144 e. The van der Waals surface area contributed by atoms with Gasteiger partial charge in [-0.3, -0.25) is 4.90 Å². The topological polar surface area (TPSA) is 57.4 Å². The van der Waals surface area contributed by atoms with Gasteiger partial charge in [0.15, 0.2) is 0 Å².